The molecule has 0 saturated carbocycles. The molecule has 78 valence electrons. The highest BCUT2D eigenvalue weighted by Gasteiger charge is 2.27. The van der Waals surface area contributed by atoms with Crippen LogP contribution in [0.3, 0.4) is 0 Å². The molecular weight excluding hydrogens is 190 g/mol. The molecule has 1 aromatic heterocycles. The third-order valence-corrected chi connectivity index (χ3v) is 1.76. The molecule has 0 radical (unpaired) electrons. The first-order valence-electron chi connectivity index (χ1n) is 4.19. The van der Waals surface area contributed by atoms with Crippen molar-refractivity contribution in [3.8, 4) is 0 Å². The summed E-state index contributed by atoms with van der Waals surface area (Å²) in [6.07, 6.45) is 1.52. The van der Waals surface area contributed by atoms with Crippen molar-refractivity contribution in [2.24, 2.45) is 0 Å². The van der Waals surface area contributed by atoms with Crippen LogP contribution in [-0.4, -0.2) is 29.2 Å². The summed E-state index contributed by atoms with van der Waals surface area (Å²) in [6, 6.07) is 3.50. The van der Waals surface area contributed by atoms with Crippen molar-refractivity contribution in [3.05, 3.63) is 23.9 Å². The number of anilines is 1. The summed E-state index contributed by atoms with van der Waals surface area (Å²) < 4.78 is 25.3. The van der Waals surface area contributed by atoms with E-state index >= 15 is 0 Å². The van der Waals surface area contributed by atoms with Gasteiger partial charge >= 0.3 is 0 Å². The van der Waals surface area contributed by atoms with Crippen LogP contribution < -0.4 is 5.32 Å². The molecule has 1 heterocycles. The fraction of sp³-hybridized carbons (Fsp3) is 0.444. The van der Waals surface area contributed by atoms with E-state index in [1.807, 2.05) is 0 Å². The zero-order chi connectivity index (χ0) is 10.6. The first-order chi connectivity index (χ1) is 6.55. The fourth-order valence-corrected chi connectivity index (χ4v) is 0.940. The van der Waals surface area contributed by atoms with Gasteiger partial charge in [0, 0.05) is 6.20 Å². The summed E-state index contributed by atoms with van der Waals surface area (Å²) in [7, 11) is 0. The lowest BCUT2D eigenvalue weighted by molar-refractivity contribution is -0.0373. The molecule has 0 saturated heterocycles. The SMILES string of the molecule is Cc1cccnc1NCC(F)(F)CO. The lowest BCUT2D eigenvalue weighted by Crippen LogP contribution is -2.31. The van der Waals surface area contributed by atoms with Crippen molar-refractivity contribution >= 4 is 5.82 Å². The van der Waals surface area contributed by atoms with E-state index in [0.29, 0.717) is 5.82 Å². The van der Waals surface area contributed by atoms with Crippen LogP contribution in [0.2, 0.25) is 0 Å². The van der Waals surface area contributed by atoms with Crippen LogP contribution in [0.5, 0.6) is 0 Å². The molecule has 0 aromatic carbocycles. The van der Waals surface area contributed by atoms with Gasteiger partial charge in [-0.1, -0.05) is 6.07 Å². The van der Waals surface area contributed by atoms with Gasteiger partial charge in [0.05, 0.1) is 6.54 Å². The summed E-state index contributed by atoms with van der Waals surface area (Å²) in [5, 5.41) is 10.8. The average Bonchev–Trinajstić information content (AvgIpc) is 2.17. The van der Waals surface area contributed by atoms with Crippen molar-refractivity contribution in [3.63, 3.8) is 0 Å². The first kappa shape index (κ1) is 10.8. The van der Waals surface area contributed by atoms with Gasteiger partial charge in [-0.15, -0.1) is 0 Å². The van der Waals surface area contributed by atoms with E-state index in [1.54, 1.807) is 19.1 Å². The molecule has 0 fully saturated rings. The molecule has 3 nitrogen and oxygen atoms in total. The third kappa shape index (κ3) is 2.92. The Bertz CT molecular complexity index is 305. The predicted molar refractivity (Wildman–Crippen MR) is 49.5 cm³/mol. The maximum Gasteiger partial charge on any atom is 0.287 e. The Morgan fingerprint density at radius 3 is 2.86 bits per heavy atom. The molecule has 0 unspecified atom stereocenters. The highest BCUT2D eigenvalue weighted by atomic mass is 19.3. The Balaban J connectivity index is 2.58. The van der Waals surface area contributed by atoms with Crippen LogP contribution in [0.25, 0.3) is 0 Å². The number of alkyl halides is 2. The molecule has 0 spiro atoms. The third-order valence-electron chi connectivity index (χ3n) is 1.76. The maximum atomic E-state index is 12.6. The number of pyridine rings is 1. The summed E-state index contributed by atoms with van der Waals surface area (Å²) in [5.74, 6) is -2.69. The van der Waals surface area contributed by atoms with Gasteiger partial charge in [-0.25, -0.2) is 13.8 Å². The zero-order valence-electron chi connectivity index (χ0n) is 7.80. The van der Waals surface area contributed by atoms with Crippen molar-refractivity contribution in [2.75, 3.05) is 18.5 Å². The molecule has 2 N–H and O–H groups in total. The van der Waals surface area contributed by atoms with Crippen molar-refractivity contribution < 1.29 is 13.9 Å². The average molecular weight is 202 g/mol. The Kier molecular flexibility index (Phi) is 3.35. The lowest BCUT2D eigenvalue weighted by atomic mass is 10.3. The van der Waals surface area contributed by atoms with Gasteiger partial charge in [-0.05, 0) is 18.6 Å². The lowest BCUT2D eigenvalue weighted by Gasteiger charge is -2.15. The van der Waals surface area contributed by atoms with E-state index in [2.05, 4.69) is 10.3 Å². The van der Waals surface area contributed by atoms with Crippen molar-refractivity contribution in [1.82, 2.24) is 4.98 Å². The number of hydrogen-bond acceptors (Lipinski definition) is 3. The van der Waals surface area contributed by atoms with Crippen LogP contribution in [-0.2, 0) is 0 Å². The van der Waals surface area contributed by atoms with Gasteiger partial charge in [0.15, 0.2) is 0 Å². The van der Waals surface area contributed by atoms with Crippen LogP contribution >= 0.6 is 0 Å². The van der Waals surface area contributed by atoms with Gasteiger partial charge in [-0.3, -0.25) is 0 Å². The number of aromatic nitrogens is 1. The first-order valence-corrected chi connectivity index (χ1v) is 4.19. The monoisotopic (exact) mass is 202 g/mol. The summed E-state index contributed by atoms with van der Waals surface area (Å²) >= 11 is 0. The smallest absolute Gasteiger partial charge is 0.287 e. The standard InChI is InChI=1S/C9H12F2N2O/c1-7-3-2-4-12-8(7)13-5-9(10,11)6-14/h2-4,14H,5-6H2,1H3,(H,12,13). The molecule has 14 heavy (non-hydrogen) atoms. The Hall–Kier alpha value is -1.23. The predicted octanol–water partition coefficient (Wildman–Crippen LogP) is 1.43. The number of aryl methyl sites for hydroxylation is 1. The quantitative estimate of drug-likeness (QED) is 0.776. The summed E-state index contributed by atoms with van der Waals surface area (Å²) in [5.41, 5.74) is 0.793. The largest absolute Gasteiger partial charge is 0.390 e. The number of nitrogens with zero attached hydrogens (tertiary/aromatic N) is 1. The molecule has 1 rings (SSSR count). The second-order valence-electron chi connectivity index (χ2n) is 3.04. The molecular formula is C9H12F2N2O. The Morgan fingerprint density at radius 1 is 1.57 bits per heavy atom. The minimum atomic E-state index is -3.11. The summed E-state index contributed by atoms with van der Waals surface area (Å²) in [6.45, 7) is -0.000341. The molecule has 0 bridgehead atoms. The van der Waals surface area contributed by atoms with E-state index in [9.17, 15) is 8.78 Å². The molecule has 0 aliphatic heterocycles. The second kappa shape index (κ2) is 4.32. The normalized spacial score (nSPS) is 11.4. The van der Waals surface area contributed by atoms with Crippen LogP contribution in [0.1, 0.15) is 5.56 Å². The summed E-state index contributed by atoms with van der Waals surface area (Å²) in [4.78, 5) is 3.89. The molecule has 1 aromatic rings. The molecule has 0 amide bonds. The number of aliphatic hydroxyl groups excluding tert-OH is 1. The number of hydrogen-bond donors (Lipinski definition) is 2. The van der Waals surface area contributed by atoms with Gasteiger partial charge in [-0.2, -0.15) is 0 Å². The second-order valence-corrected chi connectivity index (χ2v) is 3.04. The highest BCUT2D eigenvalue weighted by molar-refractivity contribution is 5.42. The van der Waals surface area contributed by atoms with Crippen LogP contribution in [0.15, 0.2) is 18.3 Å². The maximum absolute atomic E-state index is 12.6. The van der Waals surface area contributed by atoms with Crippen LogP contribution in [0, 0.1) is 6.92 Å². The molecule has 0 aliphatic rings. The molecule has 0 atom stereocenters. The van der Waals surface area contributed by atoms with Gasteiger partial charge < -0.3 is 10.4 Å². The van der Waals surface area contributed by atoms with Gasteiger partial charge in [0.2, 0.25) is 0 Å². The number of aliphatic hydroxyl groups is 1. The Labute approximate surface area is 80.8 Å². The van der Waals surface area contributed by atoms with Crippen LogP contribution in [0.4, 0.5) is 14.6 Å². The zero-order valence-corrected chi connectivity index (χ0v) is 7.80. The van der Waals surface area contributed by atoms with Crippen molar-refractivity contribution in [2.45, 2.75) is 12.8 Å². The van der Waals surface area contributed by atoms with Crippen molar-refractivity contribution in [1.29, 1.82) is 0 Å². The number of nitrogens with one attached hydrogen (secondary N) is 1. The van der Waals surface area contributed by atoms with Gasteiger partial charge in [0.25, 0.3) is 5.92 Å². The number of rotatable bonds is 4. The Morgan fingerprint density at radius 2 is 2.29 bits per heavy atom. The van der Waals surface area contributed by atoms with E-state index in [-0.39, 0.29) is 0 Å². The highest BCUT2D eigenvalue weighted by Crippen LogP contribution is 2.15. The molecule has 5 heteroatoms. The molecule has 0 aliphatic carbocycles. The van der Waals surface area contributed by atoms with E-state index in [4.69, 9.17) is 5.11 Å². The van der Waals surface area contributed by atoms with E-state index < -0.39 is 19.1 Å². The van der Waals surface area contributed by atoms with E-state index in [1.165, 1.54) is 6.20 Å². The minimum absolute atomic E-state index is 0.417. The number of halogens is 2. The fourth-order valence-electron chi connectivity index (χ4n) is 0.940. The van der Waals surface area contributed by atoms with E-state index in [0.717, 1.165) is 5.56 Å². The topological polar surface area (TPSA) is 45.2 Å². The minimum Gasteiger partial charge on any atom is -0.390 e. The van der Waals surface area contributed by atoms with Gasteiger partial charge in [0.1, 0.15) is 12.4 Å².